The number of likely N-dealkylation sites (tertiary alicyclic amines) is 2. The van der Waals surface area contributed by atoms with Gasteiger partial charge >= 0.3 is 12.0 Å². The maximum Gasteiger partial charge on any atom is 0.329 e. The monoisotopic (exact) mass is 283 g/mol. The number of carbonyl (C=O) groups excluding carboxylic acids is 1. The Balaban J connectivity index is 2.01. The van der Waals surface area contributed by atoms with E-state index >= 15 is 0 Å². The molecule has 0 aromatic carbocycles. The van der Waals surface area contributed by atoms with Crippen LogP contribution >= 0.6 is 0 Å². The van der Waals surface area contributed by atoms with E-state index in [1.165, 1.54) is 4.90 Å². The highest BCUT2D eigenvalue weighted by Crippen LogP contribution is 2.28. The zero-order valence-corrected chi connectivity index (χ0v) is 12.4. The molecule has 2 atom stereocenters. The summed E-state index contributed by atoms with van der Waals surface area (Å²) >= 11 is 0. The van der Waals surface area contributed by atoms with Gasteiger partial charge in [0, 0.05) is 19.1 Å². The van der Waals surface area contributed by atoms with Gasteiger partial charge in [-0.3, -0.25) is 0 Å². The molecule has 0 spiro atoms. The Morgan fingerprint density at radius 3 is 2.65 bits per heavy atom. The van der Waals surface area contributed by atoms with Crippen molar-refractivity contribution < 1.29 is 14.7 Å². The molecular formula is C14H25N3O3. The van der Waals surface area contributed by atoms with Crippen LogP contribution in [0.5, 0.6) is 0 Å². The number of hydrogen-bond donors (Lipinski definition) is 2. The lowest BCUT2D eigenvalue weighted by atomic mass is 9.89. The van der Waals surface area contributed by atoms with Crippen LogP contribution in [-0.4, -0.2) is 65.2 Å². The van der Waals surface area contributed by atoms with Crippen LogP contribution in [0.3, 0.4) is 0 Å². The number of nitrogens with one attached hydrogen (secondary N) is 1. The van der Waals surface area contributed by atoms with Crippen molar-refractivity contribution in [1.82, 2.24) is 15.1 Å². The van der Waals surface area contributed by atoms with E-state index < -0.39 is 11.5 Å². The first-order valence-electron chi connectivity index (χ1n) is 7.43. The number of carbonyl (C=O) groups is 2. The molecule has 2 unspecified atom stereocenters. The molecule has 2 aliphatic heterocycles. The molecule has 2 amide bonds. The molecule has 2 fully saturated rings. The summed E-state index contributed by atoms with van der Waals surface area (Å²) in [6.07, 6.45) is 4.30. The molecule has 0 radical (unpaired) electrons. The van der Waals surface area contributed by atoms with Crippen molar-refractivity contribution in [3.63, 3.8) is 0 Å². The molecule has 20 heavy (non-hydrogen) atoms. The standard InChI is InChI=1S/C14H25N3O3/c1-14(12(18)19)7-3-4-9-17(14)13(20)15-11-6-5-8-16(2)10-11/h11H,3-10H2,1-2H3,(H,15,20)(H,18,19). The van der Waals surface area contributed by atoms with E-state index in [0.29, 0.717) is 13.0 Å². The third-order valence-electron chi connectivity index (χ3n) is 4.55. The van der Waals surface area contributed by atoms with Crippen LogP contribution in [-0.2, 0) is 4.79 Å². The summed E-state index contributed by atoms with van der Waals surface area (Å²) in [5, 5.41) is 12.4. The van der Waals surface area contributed by atoms with E-state index in [0.717, 1.165) is 38.8 Å². The highest BCUT2D eigenvalue weighted by molar-refractivity contribution is 5.86. The van der Waals surface area contributed by atoms with Crippen LogP contribution in [0.15, 0.2) is 0 Å². The Kier molecular flexibility index (Phi) is 4.52. The maximum atomic E-state index is 12.4. The summed E-state index contributed by atoms with van der Waals surface area (Å²) in [5.74, 6) is -0.909. The van der Waals surface area contributed by atoms with Crippen LogP contribution in [0, 0.1) is 0 Å². The van der Waals surface area contributed by atoms with Crippen LogP contribution in [0.4, 0.5) is 4.79 Å². The zero-order valence-electron chi connectivity index (χ0n) is 12.4. The average molecular weight is 283 g/mol. The normalized spacial score (nSPS) is 31.9. The first kappa shape index (κ1) is 15.1. The second-order valence-electron chi connectivity index (χ2n) is 6.24. The second kappa shape index (κ2) is 5.99. The van der Waals surface area contributed by atoms with Gasteiger partial charge in [-0.2, -0.15) is 0 Å². The number of amides is 2. The van der Waals surface area contributed by atoms with Crippen molar-refractivity contribution >= 4 is 12.0 Å². The Morgan fingerprint density at radius 2 is 2.00 bits per heavy atom. The SMILES string of the molecule is CN1CCCC(NC(=O)N2CCCCC2(C)C(=O)O)C1. The highest BCUT2D eigenvalue weighted by Gasteiger charge is 2.44. The van der Waals surface area contributed by atoms with Gasteiger partial charge in [-0.05, 0) is 52.6 Å². The van der Waals surface area contributed by atoms with Gasteiger partial charge < -0.3 is 20.2 Å². The van der Waals surface area contributed by atoms with Gasteiger partial charge in [-0.25, -0.2) is 9.59 Å². The fourth-order valence-electron chi connectivity index (χ4n) is 3.21. The summed E-state index contributed by atoms with van der Waals surface area (Å²) in [4.78, 5) is 27.6. The Hall–Kier alpha value is -1.30. The van der Waals surface area contributed by atoms with Crippen molar-refractivity contribution in [2.45, 2.75) is 50.6 Å². The quantitative estimate of drug-likeness (QED) is 0.796. The Labute approximate surface area is 120 Å². The fourth-order valence-corrected chi connectivity index (χ4v) is 3.21. The van der Waals surface area contributed by atoms with Crippen LogP contribution < -0.4 is 5.32 Å². The van der Waals surface area contributed by atoms with E-state index in [9.17, 15) is 14.7 Å². The zero-order chi connectivity index (χ0) is 14.8. The minimum absolute atomic E-state index is 0.126. The van der Waals surface area contributed by atoms with Crippen molar-refractivity contribution in [2.75, 3.05) is 26.7 Å². The van der Waals surface area contributed by atoms with Crippen molar-refractivity contribution in [3.8, 4) is 0 Å². The smallest absolute Gasteiger partial charge is 0.329 e. The fraction of sp³-hybridized carbons (Fsp3) is 0.857. The molecule has 0 aromatic rings. The number of carboxylic acids is 1. The van der Waals surface area contributed by atoms with Gasteiger partial charge in [0.25, 0.3) is 0 Å². The lowest BCUT2D eigenvalue weighted by Crippen LogP contribution is -2.62. The van der Waals surface area contributed by atoms with E-state index in [2.05, 4.69) is 10.2 Å². The maximum absolute atomic E-state index is 12.4. The van der Waals surface area contributed by atoms with E-state index in [1.807, 2.05) is 7.05 Å². The van der Waals surface area contributed by atoms with Gasteiger partial charge in [-0.15, -0.1) is 0 Å². The van der Waals surface area contributed by atoms with E-state index in [1.54, 1.807) is 6.92 Å². The molecule has 6 heteroatoms. The third kappa shape index (κ3) is 3.06. The molecule has 2 rings (SSSR count). The summed E-state index contributed by atoms with van der Waals surface area (Å²) in [6, 6.07) is -0.101. The molecule has 2 saturated heterocycles. The topological polar surface area (TPSA) is 72.9 Å². The molecule has 2 aliphatic rings. The number of aliphatic carboxylic acids is 1. The number of rotatable bonds is 2. The molecular weight excluding hydrogens is 258 g/mol. The molecule has 114 valence electrons. The minimum atomic E-state index is -1.07. The van der Waals surface area contributed by atoms with Crippen LogP contribution in [0.1, 0.15) is 39.0 Å². The predicted molar refractivity (Wildman–Crippen MR) is 75.6 cm³/mol. The number of piperidine rings is 2. The highest BCUT2D eigenvalue weighted by atomic mass is 16.4. The van der Waals surface area contributed by atoms with Gasteiger partial charge in [0.1, 0.15) is 5.54 Å². The van der Waals surface area contributed by atoms with E-state index in [4.69, 9.17) is 0 Å². The average Bonchev–Trinajstić information content (AvgIpc) is 2.39. The third-order valence-corrected chi connectivity index (χ3v) is 4.55. The number of hydrogen-bond acceptors (Lipinski definition) is 3. The largest absolute Gasteiger partial charge is 0.480 e. The summed E-state index contributed by atoms with van der Waals surface area (Å²) in [5.41, 5.74) is -1.07. The van der Waals surface area contributed by atoms with Gasteiger partial charge in [0.2, 0.25) is 0 Å². The summed E-state index contributed by atoms with van der Waals surface area (Å²) < 4.78 is 0. The van der Waals surface area contributed by atoms with Crippen molar-refractivity contribution in [2.24, 2.45) is 0 Å². The first-order chi connectivity index (χ1) is 9.43. The van der Waals surface area contributed by atoms with E-state index in [-0.39, 0.29) is 12.1 Å². The molecule has 0 saturated carbocycles. The summed E-state index contributed by atoms with van der Waals surface area (Å²) in [7, 11) is 2.04. The minimum Gasteiger partial charge on any atom is -0.480 e. The first-order valence-corrected chi connectivity index (χ1v) is 7.43. The lowest BCUT2D eigenvalue weighted by molar-refractivity contribution is -0.150. The molecule has 0 aliphatic carbocycles. The van der Waals surface area contributed by atoms with Gasteiger partial charge in [-0.1, -0.05) is 0 Å². The van der Waals surface area contributed by atoms with Crippen molar-refractivity contribution in [1.29, 1.82) is 0 Å². The van der Waals surface area contributed by atoms with Gasteiger partial charge in [0.05, 0.1) is 0 Å². The summed E-state index contributed by atoms with van der Waals surface area (Å²) in [6.45, 7) is 4.07. The number of urea groups is 1. The molecule has 0 bridgehead atoms. The predicted octanol–water partition coefficient (Wildman–Crippen LogP) is 1.12. The molecule has 2 heterocycles. The van der Waals surface area contributed by atoms with Crippen molar-refractivity contribution in [3.05, 3.63) is 0 Å². The number of likely N-dealkylation sites (N-methyl/N-ethyl adjacent to an activating group) is 1. The number of nitrogens with zero attached hydrogens (tertiary/aromatic N) is 2. The van der Waals surface area contributed by atoms with Gasteiger partial charge in [0.15, 0.2) is 0 Å². The molecule has 2 N–H and O–H groups in total. The van der Waals surface area contributed by atoms with Crippen LogP contribution in [0.25, 0.3) is 0 Å². The molecule has 0 aromatic heterocycles. The number of carboxylic acid groups (broad SMARTS) is 1. The molecule has 6 nitrogen and oxygen atoms in total. The van der Waals surface area contributed by atoms with Crippen LogP contribution in [0.2, 0.25) is 0 Å². The lowest BCUT2D eigenvalue weighted by Gasteiger charge is -2.42. The second-order valence-corrected chi connectivity index (χ2v) is 6.24. The Bertz CT molecular complexity index is 388. The Morgan fingerprint density at radius 1 is 1.25 bits per heavy atom.